The highest BCUT2D eigenvalue weighted by molar-refractivity contribution is 8.00. The zero-order chi connectivity index (χ0) is 22.2. The topological polar surface area (TPSA) is 55.8 Å². The van der Waals surface area contributed by atoms with E-state index in [1.54, 1.807) is 23.9 Å². The molecule has 5 rings (SSSR count). The van der Waals surface area contributed by atoms with Crippen molar-refractivity contribution >= 4 is 17.5 Å². The summed E-state index contributed by atoms with van der Waals surface area (Å²) >= 11 is 1.78. The number of halogens is 1. The summed E-state index contributed by atoms with van der Waals surface area (Å²) in [5.74, 6) is 0.579. The van der Waals surface area contributed by atoms with E-state index in [1.807, 2.05) is 6.92 Å². The molecule has 1 heterocycles. The van der Waals surface area contributed by atoms with Crippen LogP contribution in [0.25, 0.3) is 0 Å². The van der Waals surface area contributed by atoms with Crippen molar-refractivity contribution in [3.05, 3.63) is 23.8 Å². The summed E-state index contributed by atoms with van der Waals surface area (Å²) in [5.41, 5.74) is -2.28. The molecule has 0 aromatic rings. The Morgan fingerprint density at radius 1 is 1.29 bits per heavy atom. The van der Waals surface area contributed by atoms with Gasteiger partial charge in [-0.2, -0.15) is 0 Å². The first-order valence-electron chi connectivity index (χ1n) is 11.9. The van der Waals surface area contributed by atoms with Gasteiger partial charge in [-0.25, -0.2) is 4.39 Å². The molecule has 0 spiro atoms. The molecular weight excluding hydrogens is 415 g/mol. The normalized spacial score (nSPS) is 52.9. The summed E-state index contributed by atoms with van der Waals surface area (Å²) in [6.45, 7) is 8.33. The van der Waals surface area contributed by atoms with Crippen LogP contribution in [0.3, 0.4) is 0 Å². The third-order valence-corrected chi connectivity index (χ3v) is 10.8. The van der Waals surface area contributed by atoms with Gasteiger partial charge in [-0.3, -0.25) is 4.79 Å². The van der Waals surface area contributed by atoms with E-state index in [0.29, 0.717) is 19.3 Å². The Bertz CT molecular complexity index is 843. The lowest BCUT2D eigenvalue weighted by atomic mass is 9.45. The number of hydrogen-bond donors (Lipinski definition) is 1. The molecule has 0 aromatic carbocycles. The Morgan fingerprint density at radius 3 is 2.77 bits per heavy atom. The van der Waals surface area contributed by atoms with Crippen LogP contribution in [-0.2, 0) is 14.3 Å². The van der Waals surface area contributed by atoms with Gasteiger partial charge in [-0.1, -0.05) is 38.8 Å². The zero-order valence-corrected chi connectivity index (χ0v) is 19.8. The molecule has 0 unspecified atom stereocenters. The van der Waals surface area contributed by atoms with Crippen LogP contribution in [-0.4, -0.2) is 45.7 Å². The van der Waals surface area contributed by atoms with Crippen LogP contribution < -0.4 is 0 Å². The third-order valence-electron chi connectivity index (χ3n) is 9.22. The Balaban J connectivity index is 1.56. The van der Waals surface area contributed by atoms with Crippen molar-refractivity contribution in [2.45, 2.75) is 95.3 Å². The minimum atomic E-state index is -1.79. The van der Waals surface area contributed by atoms with Crippen LogP contribution in [0, 0.1) is 22.7 Å². The number of thioether (sulfide) groups is 1. The van der Waals surface area contributed by atoms with Gasteiger partial charge in [0, 0.05) is 16.7 Å². The number of allylic oxidation sites excluding steroid dienone is 4. The average molecular weight is 451 g/mol. The van der Waals surface area contributed by atoms with Crippen molar-refractivity contribution in [3.8, 4) is 0 Å². The molecule has 4 fully saturated rings. The molecule has 1 saturated heterocycles. The molecule has 3 saturated carbocycles. The standard InChI is InChI=1S/C25H35FO4S/c1-5-7-21-29-20-13-18-17-9-8-15-12-16(27)10-11-22(15,3)24(17,26)19(28)14-23(18,4)25(20,30-21)31-6-2/h10-12,17-21,28H,5-9,13-14H2,1-4H3/t17-,18-,19-,20+,21+,22-,23-,24-,25-/m0/s1. The van der Waals surface area contributed by atoms with E-state index < -0.39 is 22.1 Å². The summed E-state index contributed by atoms with van der Waals surface area (Å²) < 4.78 is 30.3. The van der Waals surface area contributed by atoms with Gasteiger partial charge >= 0.3 is 0 Å². The molecule has 5 aliphatic rings. The molecule has 0 aromatic heterocycles. The van der Waals surface area contributed by atoms with Crippen LogP contribution in [0.4, 0.5) is 4.39 Å². The molecule has 1 N–H and O–H groups in total. The maximum Gasteiger partial charge on any atom is 0.178 e. The highest BCUT2D eigenvalue weighted by Crippen LogP contribution is 2.73. The summed E-state index contributed by atoms with van der Waals surface area (Å²) in [5, 5.41) is 11.5. The lowest BCUT2D eigenvalue weighted by Crippen LogP contribution is -2.68. The maximum atomic E-state index is 17.2. The van der Waals surface area contributed by atoms with Crippen LogP contribution in [0.5, 0.6) is 0 Å². The molecule has 4 aliphatic carbocycles. The van der Waals surface area contributed by atoms with E-state index in [1.165, 1.54) is 6.08 Å². The smallest absolute Gasteiger partial charge is 0.178 e. The van der Waals surface area contributed by atoms with Crippen molar-refractivity contribution in [3.63, 3.8) is 0 Å². The number of carbonyl (C=O) groups is 1. The minimum absolute atomic E-state index is 0.0666. The first kappa shape index (κ1) is 22.1. The van der Waals surface area contributed by atoms with Gasteiger partial charge in [0.2, 0.25) is 0 Å². The number of rotatable bonds is 4. The molecular formula is C25H35FO4S. The van der Waals surface area contributed by atoms with Crippen molar-refractivity contribution < 1.29 is 23.8 Å². The van der Waals surface area contributed by atoms with Gasteiger partial charge in [0.25, 0.3) is 0 Å². The van der Waals surface area contributed by atoms with Crippen molar-refractivity contribution in [1.82, 2.24) is 0 Å². The van der Waals surface area contributed by atoms with Gasteiger partial charge in [0.1, 0.15) is 4.93 Å². The first-order valence-corrected chi connectivity index (χ1v) is 12.9. The largest absolute Gasteiger partial charge is 0.390 e. The number of fused-ring (bicyclic) bond motifs is 7. The minimum Gasteiger partial charge on any atom is -0.390 e. The summed E-state index contributed by atoms with van der Waals surface area (Å²) in [7, 11) is 0. The van der Waals surface area contributed by atoms with Gasteiger partial charge in [0.15, 0.2) is 17.7 Å². The fourth-order valence-electron chi connectivity index (χ4n) is 7.78. The second-order valence-electron chi connectivity index (χ2n) is 10.6. The molecule has 0 radical (unpaired) electrons. The quantitative estimate of drug-likeness (QED) is 0.656. The Hall–Kier alpha value is -0.690. The van der Waals surface area contributed by atoms with Crippen LogP contribution in [0.15, 0.2) is 23.8 Å². The number of aliphatic hydroxyl groups is 1. The van der Waals surface area contributed by atoms with Crippen molar-refractivity contribution in [1.29, 1.82) is 0 Å². The summed E-state index contributed by atoms with van der Waals surface area (Å²) in [6, 6.07) is 0. The van der Waals surface area contributed by atoms with Crippen LogP contribution >= 0.6 is 11.8 Å². The fourth-order valence-corrected chi connectivity index (χ4v) is 9.29. The highest BCUT2D eigenvalue weighted by Gasteiger charge is 2.77. The number of hydrogen-bond acceptors (Lipinski definition) is 5. The second-order valence-corrected chi connectivity index (χ2v) is 12.0. The summed E-state index contributed by atoms with van der Waals surface area (Å²) in [6.07, 6.45) is 7.69. The highest BCUT2D eigenvalue weighted by atomic mass is 32.2. The molecule has 172 valence electrons. The Morgan fingerprint density at radius 2 is 2.06 bits per heavy atom. The van der Waals surface area contributed by atoms with Gasteiger partial charge in [-0.15, -0.1) is 11.8 Å². The summed E-state index contributed by atoms with van der Waals surface area (Å²) in [4.78, 5) is 11.4. The molecule has 31 heavy (non-hydrogen) atoms. The van der Waals surface area contributed by atoms with Gasteiger partial charge in [-0.05, 0) is 62.9 Å². The fraction of sp³-hybridized carbons (Fsp3) is 0.800. The Kier molecular flexibility index (Phi) is 5.10. The molecule has 0 amide bonds. The van der Waals surface area contributed by atoms with Crippen LogP contribution in [0.1, 0.15) is 66.2 Å². The Labute approximate surface area is 189 Å². The van der Waals surface area contributed by atoms with E-state index in [2.05, 4.69) is 20.8 Å². The van der Waals surface area contributed by atoms with E-state index in [4.69, 9.17) is 9.47 Å². The van der Waals surface area contributed by atoms with E-state index in [0.717, 1.165) is 30.6 Å². The van der Waals surface area contributed by atoms with Gasteiger partial charge in [0.05, 0.1) is 12.2 Å². The molecule has 6 heteroatoms. The van der Waals surface area contributed by atoms with Crippen molar-refractivity contribution in [2.24, 2.45) is 22.7 Å². The molecule has 1 aliphatic heterocycles. The SMILES string of the molecule is CCC[C@@H]1O[C@@H]2C[C@H]3[C@@H]4CCC5=CC(=O)C=C[C@]5(C)[C@@]4(F)[C@@H](O)C[C@]3(C)[C@]2(SCC)O1. The number of ether oxygens (including phenoxy) is 2. The number of aliphatic hydroxyl groups excluding tert-OH is 1. The monoisotopic (exact) mass is 450 g/mol. The second kappa shape index (κ2) is 7.15. The molecule has 0 bridgehead atoms. The molecule has 4 nitrogen and oxygen atoms in total. The predicted molar refractivity (Wildman–Crippen MR) is 119 cm³/mol. The predicted octanol–water partition coefficient (Wildman–Crippen LogP) is 4.96. The number of ketones is 1. The van der Waals surface area contributed by atoms with E-state index in [9.17, 15) is 9.90 Å². The third kappa shape index (κ3) is 2.62. The van der Waals surface area contributed by atoms with Crippen molar-refractivity contribution in [2.75, 3.05) is 5.75 Å². The van der Waals surface area contributed by atoms with Gasteiger partial charge < -0.3 is 14.6 Å². The maximum absolute atomic E-state index is 17.2. The molecule has 9 atom stereocenters. The number of carbonyl (C=O) groups excluding carboxylic acids is 1. The van der Waals surface area contributed by atoms with Crippen LogP contribution in [0.2, 0.25) is 0 Å². The average Bonchev–Trinajstić information content (AvgIpc) is 3.16. The lowest BCUT2D eigenvalue weighted by Gasteiger charge is -2.62. The van der Waals surface area contributed by atoms with E-state index in [-0.39, 0.29) is 35.4 Å². The zero-order valence-electron chi connectivity index (χ0n) is 19.0. The first-order chi connectivity index (χ1) is 14.7. The number of alkyl halides is 1. The van der Waals surface area contributed by atoms with E-state index >= 15 is 4.39 Å². The lowest BCUT2D eigenvalue weighted by molar-refractivity contribution is -0.217.